The molecule has 0 saturated heterocycles. The van der Waals surface area contributed by atoms with Gasteiger partial charge in [0, 0.05) is 30.2 Å². The van der Waals surface area contributed by atoms with Crippen LogP contribution in [0.5, 0.6) is 11.5 Å². The average molecular weight is 609 g/mol. The van der Waals surface area contributed by atoms with Gasteiger partial charge in [-0.25, -0.2) is 4.79 Å². The van der Waals surface area contributed by atoms with E-state index in [1.54, 1.807) is 48.5 Å². The van der Waals surface area contributed by atoms with E-state index in [4.69, 9.17) is 4.74 Å². The van der Waals surface area contributed by atoms with Gasteiger partial charge in [-0.15, -0.1) is 0 Å². The van der Waals surface area contributed by atoms with E-state index in [0.29, 0.717) is 34.5 Å². The first-order chi connectivity index (χ1) is 21.8. The monoisotopic (exact) mass is 608 g/mol. The van der Waals surface area contributed by atoms with Gasteiger partial charge in [-0.2, -0.15) is 0 Å². The number of aromatic amines is 1. The highest BCUT2D eigenvalue weighted by Gasteiger charge is 2.17. The predicted molar refractivity (Wildman–Crippen MR) is 169 cm³/mol. The number of carbonyl (C=O) groups is 2. The lowest BCUT2D eigenvalue weighted by Gasteiger charge is -2.19. The van der Waals surface area contributed by atoms with Gasteiger partial charge < -0.3 is 41.0 Å². The Balaban J connectivity index is 1.11. The number of aromatic hydroxyl groups is 1. The van der Waals surface area contributed by atoms with E-state index in [1.165, 1.54) is 12.1 Å². The molecule has 0 bridgehead atoms. The highest BCUT2D eigenvalue weighted by atomic mass is 16.5. The van der Waals surface area contributed by atoms with Gasteiger partial charge in [-0.3, -0.25) is 9.59 Å². The molecule has 230 valence electrons. The number of aromatic nitrogens is 1. The molecule has 45 heavy (non-hydrogen) atoms. The minimum absolute atomic E-state index is 0.0675. The zero-order valence-electron chi connectivity index (χ0n) is 24.1. The lowest BCUT2D eigenvalue weighted by atomic mass is 9.99. The van der Waals surface area contributed by atoms with E-state index in [2.05, 4.69) is 20.9 Å². The number of aliphatic hydroxyl groups excluding tert-OH is 1. The second-order valence-corrected chi connectivity index (χ2v) is 10.3. The van der Waals surface area contributed by atoms with Crippen molar-refractivity contribution in [2.24, 2.45) is 0 Å². The molecular weight excluding hydrogens is 576 g/mol. The molecule has 11 nitrogen and oxygen atoms in total. The standard InChI is InChI=1S/C34H32N4O7/c39-28-15-13-26(27-14-16-30(41)37-33(27)28)29(40)19-35-18-21-9-11-24(12-10-21)36-31(42)20-45-25-8-4-7-23(17-25)32(38-34(43)44)22-5-2-1-3-6-22/h1-17,29,32,35,38-40H,18-20H2,(H,36,42)(H,37,41)(H,43,44)/t29-,32-/m0/s1. The number of benzene rings is 4. The molecule has 7 N–H and O–H groups in total. The van der Waals surface area contributed by atoms with Crippen LogP contribution in [0.3, 0.4) is 0 Å². The quantitative estimate of drug-likeness (QED) is 0.109. The molecular formula is C34H32N4O7. The molecule has 0 aliphatic carbocycles. The summed E-state index contributed by atoms with van der Waals surface area (Å²) in [5.74, 6) is -0.00447. The number of phenolic OH excluding ortho intramolecular Hbond substituents is 1. The Morgan fingerprint density at radius 1 is 0.867 bits per heavy atom. The number of H-pyrrole nitrogens is 1. The third-order valence-electron chi connectivity index (χ3n) is 7.13. The number of anilines is 1. The Morgan fingerprint density at radius 2 is 1.62 bits per heavy atom. The topological polar surface area (TPSA) is 173 Å². The average Bonchev–Trinajstić information content (AvgIpc) is 3.04. The summed E-state index contributed by atoms with van der Waals surface area (Å²) in [5.41, 5.74) is 3.47. The number of nitrogens with one attached hydrogen (secondary N) is 4. The summed E-state index contributed by atoms with van der Waals surface area (Å²) in [6.45, 7) is 0.444. The molecule has 4 aromatic carbocycles. The molecule has 0 fully saturated rings. The van der Waals surface area contributed by atoms with Crippen molar-refractivity contribution < 1.29 is 29.6 Å². The lowest BCUT2D eigenvalue weighted by Crippen LogP contribution is -2.27. The van der Waals surface area contributed by atoms with Gasteiger partial charge in [0.2, 0.25) is 5.56 Å². The smallest absolute Gasteiger partial charge is 0.405 e. The van der Waals surface area contributed by atoms with Crippen LogP contribution in [0.25, 0.3) is 10.9 Å². The summed E-state index contributed by atoms with van der Waals surface area (Å²) in [6, 6.07) is 28.7. The number of phenols is 1. The van der Waals surface area contributed by atoms with Crippen molar-refractivity contribution >= 4 is 28.6 Å². The van der Waals surface area contributed by atoms with Crippen LogP contribution in [-0.4, -0.2) is 45.5 Å². The summed E-state index contributed by atoms with van der Waals surface area (Å²) in [7, 11) is 0. The highest BCUT2D eigenvalue weighted by Crippen LogP contribution is 2.29. The lowest BCUT2D eigenvalue weighted by molar-refractivity contribution is -0.118. The fraction of sp³-hybridized carbons (Fsp3) is 0.147. The van der Waals surface area contributed by atoms with Gasteiger partial charge in [0.05, 0.1) is 17.7 Å². The first-order valence-corrected chi connectivity index (χ1v) is 14.2. The number of amides is 2. The Labute approximate surface area is 258 Å². The second-order valence-electron chi connectivity index (χ2n) is 10.3. The summed E-state index contributed by atoms with van der Waals surface area (Å²) >= 11 is 0. The summed E-state index contributed by atoms with van der Waals surface area (Å²) in [4.78, 5) is 38.2. The zero-order chi connectivity index (χ0) is 31.8. The third-order valence-corrected chi connectivity index (χ3v) is 7.13. The summed E-state index contributed by atoms with van der Waals surface area (Å²) in [5, 5.41) is 39.2. The van der Waals surface area contributed by atoms with Crippen LogP contribution in [0.1, 0.15) is 34.4 Å². The molecule has 0 spiro atoms. The van der Waals surface area contributed by atoms with Gasteiger partial charge in [-0.05, 0) is 58.7 Å². The molecule has 0 saturated carbocycles. The number of rotatable bonds is 12. The first-order valence-electron chi connectivity index (χ1n) is 14.2. The number of fused-ring (bicyclic) bond motifs is 1. The number of ether oxygens (including phenoxy) is 1. The van der Waals surface area contributed by atoms with E-state index in [-0.39, 0.29) is 35.9 Å². The van der Waals surface area contributed by atoms with Gasteiger partial charge in [0.15, 0.2) is 6.61 Å². The fourth-order valence-electron chi connectivity index (χ4n) is 4.98. The molecule has 5 rings (SSSR count). The largest absolute Gasteiger partial charge is 0.506 e. The van der Waals surface area contributed by atoms with Crippen molar-refractivity contribution in [2.75, 3.05) is 18.5 Å². The van der Waals surface area contributed by atoms with E-state index >= 15 is 0 Å². The number of pyridine rings is 1. The maximum absolute atomic E-state index is 12.6. The SMILES string of the molecule is O=C(O)N[C@@H](c1ccccc1)c1cccc(OCC(=O)Nc2ccc(CNC[C@H](O)c3ccc(O)c4[nH]c(=O)ccc34)cc2)c1. The molecule has 2 amide bonds. The van der Waals surface area contributed by atoms with Gasteiger partial charge in [-0.1, -0.05) is 60.7 Å². The van der Waals surface area contributed by atoms with Crippen molar-refractivity contribution in [2.45, 2.75) is 18.7 Å². The van der Waals surface area contributed by atoms with Crippen molar-refractivity contribution in [3.05, 3.63) is 136 Å². The number of carboxylic acid groups (broad SMARTS) is 1. The summed E-state index contributed by atoms with van der Waals surface area (Å²) < 4.78 is 5.69. The number of carbonyl (C=O) groups excluding carboxylic acids is 1. The van der Waals surface area contributed by atoms with Crippen LogP contribution >= 0.6 is 0 Å². The maximum Gasteiger partial charge on any atom is 0.405 e. The minimum Gasteiger partial charge on any atom is -0.506 e. The molecule has 0 aliphatic rings. The molecule has 11 heteroatoms. The van der Waals surface area contributed by atoms with Crippen LogP contribution < -0.4 is 26.2 Å². The van der Waals surface area contributed by atoms with Crippen LogP contribution in [0, 0.1) is 0 Å². The zero-order valence-corrected chi connectivity index (χ0v) is 24.1. The van der Waals surface area contributed by atoms with Gasteiger partial charge >= 0.3 is 6.09 Å². The van der Waals surface area contributed by atoms with E-state index in [0.717, 1.165) is 11.1 Å². The first kappa shape index (κ1) is 30.8. The van der Waals surface area contributed by atoms with Gasteiger partial charge in [0.25, 0.3) is 5.91 Å². The predicted octanol–water partition coefficient (Wildman–Crippen LogP) is 4.43. The molecule has 1 heterocycles. The Bertz CT molecular complexity index is 1840. The molecule has 2 atom stereocenters. The summed E-state index contributed by atoms with van der Waals surface area (Å²) in [6.07, 6.45) is -2.03. The highest BCUT2D eigenvalue weighted by molar-refractivity contribution is 5.92. The molecule has 0 radical (unpaired) electrons. The van der Waals surface area contributed by atoms with Crippen molar-refractivity contribution in [1.29, 1.82) is 0 Å². The molecule has 0 aliphatic heterocycles. The van der Waals surface area contributed by atoms with Crippen LogP contribution in [0.4, 0.5) is 10.5 Å². The Morgan fingerprint density at radius 3 is 2.38 bits per heavy atom. The minimum atomic E-state index is -1.16. The Hall–Kier alpha value is -5.65. The van der Waals surface area contributed by atoms with Crippen molar-refractivity contribution in [3.63, 3.8) is 0 Å². The fourth-order valence-corrected chi connectivity index (χ4v) is 4.98. The normalized spacial score (nSPS) is 12.3. The van der Waals surface area contributed by atoms with Crippen molar-refractivity contribution in [1.82, 2.24) is 15.6 Å². The van der Waals surface area contributed by atoms with E-state index < -0.39 is 18.2 Å². The maximum atomic E-state index is 12.6. The number of hydrogen-bond donors (Lipinski definition) is 7. The molecule has 5 aromatic rings. The van der Waals surface area contributed by atoms with E-state index in [9.17, 15) is 29.7 Å². The van der Waals surface area contributed by atoms with E-state index in [1.807, 2.05) is 42.5 Å². The van der Waals surface area contributed by atoms with Crippen LogP contribution in [0.2, 0.25) is 0 Å². The van der Waals surface area contributed by atoms with Crippen molar-refractivity contribution in [3.8, 4) is 11.5 Å². The number of aliphatic hydroxyl groups is 1. The molecule has 0 unspecified atom stereocenters. The third kappa shape index (κ3) is 8.05. The molecule has 1 aromatic heterocycles. The number of hydrogen-bond acceptors (Lipinski definition) is 7. The van der Waals surface area contributed by atoms with Crippen LogP contribution in [0.15, 0.2) is 108 Å². The Kier molecular flexibility index (Phi) is 9.73. The van der Waals surface area contributed by atoms with Crippen LogP contribution in [-0.2, 0) is 11.3 Å². The second kappa shape index (κ2) is 14.2. The van der Waals surface area contributed by atoms with Gasteiger partial charge in [0.1, 0.15) is 11.5 Å².